The van der Waals surface area contributed by atoms with Gasteiger partial charge in [0.1, 0.15) is 11.4 Å². The molecule has 1 amide bonds. The fourth-order valence-corrected chi connectivity index (χ4v) is 2.39. The molecule has 0 unspecified atom stereocenters. The third kappa shape index (κ3) is 2.90. The summed E-state index contributed by atoms with van der Waals surface area (Å²) in [6.07, 6.45) is 0. The lowest BCUT2D eigenvalue weighted by molar-refractivity contribution is -0.309. The summed E-state index contributed by atoms with van der Waals surface area (Å²) in [4.78, 5) is 23.5. The van der Waals surface area contributed by atoms with E-state index >= 15 is 0 Å². The van der Waals surface area contributed by atoms with Crippen LogP contribution < -0.4 is 15.2 Å². The van der Waals surface area contributed by atoms with Crippen LogP contribution in [0.15, 0.2) is 24.3 Å². The summed E-state index contributed by atoms with van der Waals surface area (Å²) in [5.74, 6) is -1.30. The molecule has 0 saturated heterocycles. The molecule has 0 aliphatic heterocycles. The number of nitrogens with one attached hydrogen (secondary N) is 1. The van der Waals surface area contributed by atoms with Gasteiger partial charge in [0.15, 0.2) is 0 Å². The molecule has 22 heavy (non-hydrogen) atoms. The number of carboxylic acid groups (broad SMARTS) is 1. The largest absolute Gasteiger partial charge is 0.548 e. The first-order chi connectivity index (χ1) is 10.3. The summed E-state index contributed by atoms with van der Waals surface area (Å²) in [5, 5.41) is 14.5. The number of ether oxygens (including phenoxy) is 1. The van der Waals surface area contributed by atoms with Crippen molar-refractivity contribution in [2.24, 2.45) is 13.0 Å². The molecule has 1 aromatic carbocycles. The Morgan fingerprint density at radius 3 is 2.50 bits per heavy atom. The number of nitrogens with zero attached hydrogens (tertiary/aromatic N) is 1. The third-order valence-corrected chi connectivity index (χ3v) is 3.69. The highest BCUT2D eigenvalue weighted by Crippen LogP contribution is 2.23. The summed E-state index contributed by atoms with van der Waals surface area (Å²) >= 11 is 0. The van der Waals surface area contributed by atoms with Crippen LogP contribution in [0.2, 0.25) is 0 Å². The predicted octanol–water partition coefficient (Wildman–Crippen LogP) is 0.691. The van der Waals surface area contributed by atoms with E-state index in [0.717, 1.165) is 10.9 Å². The highest BCUT2D eigenvalue weighted by molar-refractivity contribution is 6.00. The molecule has 0 aliphatic carbocycles. The topological polar surface area (TPSA) is 83.4 Å². The van der Waals surface area contributed by atoms with E-state index in [9.17, 15) is 14.7 Å². The molecular formula is C16H19N2O4-. The minimum Gasteiger partial charge on any atom is -0.548 e. The van der Waals surface area contributed by atoms with Crippen LogP contribution in [-0.2, 0) is 11.8 Å². The Morgan fingerprint density at radius 1 is 1.27 bits per heavy atom. The molecule has 2 aromatic rings. The lowest BCUT2D eigenvalue weighted by Crippen LogP contribution is -2.51. The standard InChI is InChI=1S/C16H20N2O4/c1-9(2)14(16(20)21)17-15(19)13-8-10-7-11(22-4)5-6-12(10)18(13)3/h5-9,14H,1-4H3,(H,17,19)(H,20,21)/p-1/t14-/m0/s1. The second kappa shape index (κ2) is 6.09. The number of hydrogen-bond donors (Lipinski definition) is 1. The molecule has 0 saturated carbocycles. The van der Waals surface area contributed by atoms with Gasteiger partial charge < -0.3 is 24.5 Å². The molecule has 1 atom stereocenters. The lowest BCUT2D eigenvalue weighted by atomic mass is 10.0. The van der Waals surface area contributed by atoms with E-state index in [0.29, 0.717) is 11.4 Å². The van der Waals surface area contributed by atoms with E-state index in [4.69, 9.17) is 4.74 Å². The Kier molecular flexibility index (Phi) is 4.40. The number of hydrogen-bond acceptors (Lipinski definition) is 4. The van der Waals surface area contributed by atoms with E-state index in [2.05, 4.69) is 5.32 Å². The molecule has 0 fully saturated rings. The van der Waals surface area contributed by atoms with Gasteiger partial charge in [0, 0.05) is 18.0 Å². The van der Waals surface area contributed by atoms with Crippen molar-refractivity contribution >= 4 is 22.8 Å². The zero-order valence-corrected chi connectivity index (χ0v) is 13.0. The van der Waals surface area contributed by atoms with E-state index in [1.165, 1.54) is 0 Å². The van der Waals surface area contributed by atoms with Crippen LogP contribution in [0.5, 0.6) is 5.75 Å². The quantitative estimate of drug-likeness (QED) is 0.881. The van der Waals surface area contributed by atoms with Crippen LogP contribution in [0.25, 0.3) is 10.9 Å². The summed E-state index contributed by atoms with van der Waals surface area (Å²) in [7, 11) is 3.33. The maximum atomic E-state index is 12.4. The number of amides is 1. The maximum Gasteiger partial charge on any atom is 0.268 e. The SMILES string of the molecule is COc1ccc2c(c1)cc(C(=O)N[C@H](C(=O)[O-])C(C)C)n2C. The maximum absolute atomic E-state index is 12.4. The minimum absolute atomic E-state index is 0.260. The first-order valence-electron chi connectivity index (χ1n) is 7.00. The second-order valence-corrected chi connectivity index (χ2v) is 5.53. The number of carbonyl (C=O) groups excluding carboxylic acids is 2. The number of rotatable bonds is 5. The van der Waals surface area contributed by atoms with Gasteiger partial charge in [0.05, 0.1) is 19.1 Å². The Labute approximate surface area is 128 Å². The van der Waals surface area contributed by atoms with Crippen LogP contribution in [0.3, 0.4) is 0 Å². The van der Waals surface area contributed by atoms with Gasteiger partial charge in [-0.25, -0.2) is 0 Å². The smallest absolute Gasteiger partial charge is 0.268 e. The zero-order valence-electron chi connectivity index (χ0n) is 13.0. The van der Waals surface area contributed by atoms with E-state index in [1.54, 1.807) is 38.6 Å². The minimum atomic E-state index is -1.29. The fraction of sp³-hybridized carbons (Fsp3) is 0.375. The molecule has 6 heteroatoms. The van der Waals surface area contributed by atoms with Gasteiger partial charge in [0.2, 0.25) is 0 Å². The van der Waals surface area contributed by atoms with Crippen molar-refractivity contribution in [2.75, 3.05) is 7.11 Å². The molecule has 6 nitrogen and oxygen atoms in total. The van der Waals surface area contributed by atoms with Crippen molar-refractivity contribution in [1.29, 1.82) is 0 Å². The van der Waals surface area contributed by atoms with Crippen molar-refractivity contribution in [1.82, 2.24) is 9.88 Å². The third-order valence-electron chi connectivity index (χ3n) is 3.69. The molecule has 1 aromatic heterocycles. The Bertz CT molecular complexity index is 718. The predicted molar refractivity (Wildman–Crippen MR) is 80.6 cm³/mol. The number of benzene rings is 1. The summed E-state index contributed by atoms with van der Waals surface area (Å²) in [6, 6.07) is 6.16. The van der Waals surface area contributed by atoms with Crippen LogP contribution in [0.1, 0.15) is 24.3 Å². The summed E-state index contributed by atoms with van der Waals surface area (Å²) in [6.45, 7) is 3.43. The number of aromatic nitrogens is 1. The van der Waals surface area contributed by atoms with Crippen molar-refractivity contribution in [3.05, 3.63) is 30.0 Å². The van der Waals surface area contributed by atoms with E-state index < -0.39 is 17.9 Å². The monoisotopic (exact) mass is 303 g/mol. The molecule has 1 N–H and O–H groups in total. The first-order valence-corrected chi connectivity index (χ1v) is 7.00. The van der Waals surface area contributed by atoms with Crippen molar-refractivity contribution in [3.63, 3.8) is 0 Å². The van der Waals surface area contributed by atoms with Crippen LogP contribution in [0.4, 0.5) is 0 Å². The summed E-state index contributed by atoms with van der Waals surface area (Å²) in [5.41, 5.74) is 1.25. The summed E-state index contributed by atoms with van der Waals surface area (Å²) < 4.78 is 6.88. The van der Waals surface area contributed by atoms with Crippen LogP contribution in [-0.4, -0.2) is 29.6 Å². The Balaban J connectivity index is 2.35. The second-order valence-electron chi connectivity index (χ2n) is 5.53. The van der Waals surface area contributed by atoms with Gasteiger partial charge in [-0.3, -0.25) is 4.79 Å². The van der Waals surface area contributed by atoms with Gasteiger partial charge in [-0.1, -0.05) is 13.8 Å². The van der Waals surface area contributed by atoms with E-state index in [-0.39, 0.29) is 5.92 Å². The van der Waals surface area contributed by atoms with Gasteiger partial charge in [-0.2, -0.15) is 0 Å². The van der Waals surface area contributed by atoms with Crippen LogP contribution >= 0.6 is 0 Å². The molecule has 0 spiro atoms. The number of methoxy groups -OCH3 is 1. The Morgan fingerprint density at radius 2 is 1.95 bits per heavy atom. The van der Waals surface area contributed by atoms with Gasteiger partial charge >= 0.3 is 0 Å². The highest BCUT2D eigenvalue weighted by atomic mass is 16.5. The highest BCUT2D eigenvalue weighted by Gasteiger charge is 2.20. The average molecular weight is 303 g/mol. The van der Waals surface area contributed by atoms with Crippen molar-refractivity contribution in [2.45, 2.75) is 19.9 Å². The number of aryl methyl sites for hydroxylation is 1. The van der Waals surface area contributed by atoms with Gasteiger partial charge in [-0.15, -0.1) is 0 Å². The molecule has 118 valence electrons. The lowest BCUT2D eigenvalue weighted by Gasteiger charge is -2.23. The van der Waals surface area contributed by atoms with Crippen LogP contribution in [0, 0.1) is 5.92 Å². The van der Waals surface area contributed by atoms with Gasteiger partial charge in [0.25, 0.3) is 5.91 Å². The first kappa shape index (κ1) is 15.9. The van der Waals surface area contributed by atoms with Gasteiger partial charge in [-0.05, 0) is 30.2 Å². The zero-order chi connectivity index (χ0) is 16.4. The normalized spacial score (nSPS) is 12.4. The number of fused-ring (bicyclic) bond motifs is 1. The van der Waals surface area contributed by atoms with Crippen molar-refractivity contribution < 1.29 is 19.4 Å². The molecule has 0 aliphatic rings. The number of carbonyl (C=O) groups is 2. The fourth-order valence-electron chi connectivity index (χ4n) is 2.39. The van der Waals surface area contributed by atoms with Crippen molar-refractivity contribution in [3.8, 4) is 5.75 Å². The number of carboxylic acids is 1. The molecular weight excluding hydrogens is 284 g/mol. The Hall–Kier alpha value is -2.50. The molecule has 0 radical (unpaired) electrons. The number of aliphatic carboxylic acids is 1. The molecule has 1 heterocycles. The molecule has 2 rings (SSSR count). The average Bonchev–Trinajstić information content (AvgIpc) is 2.80. The molecule has 0 bridgehead atoms. The van der Waals surface area contributed by atoms with E-state index in [1.807, 2.05) is 18.2 Å².